The molecule has 1 aromatic heterocycles. The molecule has 2 heterocycles. The summed E-state index contributed by atoms with van der Waals surface area (Å²) in [6.45, 7) is 6.73. The number of nitrogens with zero attached hydrogens (tertiary/aromatic N) is 2. The smallest absolute Gasteiger partial charge is 0.243 e. The first-order valence-electron chi connectivity index (χ1n) is 6.89. The maximum Gasteiger partial charge on any atom is 0.260 e. The van der Waals surface area contributed by atoms with Gasteiger partial charge in [0.2, 0.25) is 0 Å². The molecule has 0 aromatic carbocycles. The molecule has 0 N–H and O–H groups in total. The van der Waals surface area contributed by atoms with Gasteiger partial charge in [-0.3, -0.25) is 0 Å². The Morgan fingerprint density at radius 3 is 2.60 bits per heavy atom. The van der Waals surface area contributed by atoms with Crippen LogP contribution in [0.25, 0.3) is 0 Å². The molecular weight excluding hydrogens is 296 g/mol. The van der Waals surface area contributed by atoms with Gasteiger partial charge < -0.3 is 0 Å². The fraction of sp³-hybridized carbons (Fsp3) is 0.643. The van der Waals surface area contributed by atoms with Crippen LogP contribution in [0, 0.1) is 11.8 Å². The van der Waals surface area contributed by atoms with Crippen LogP contribution < -0.4 is 0 Å². The van der Waals surface area contributed by atoms with Crippen LogP contribution in [0.5, 0.6) is 0 Å². The van der Waals surface area contributed by atoms with Crippen molar-refractivity contribution in [3.8, 4) is 0 Å². The van der Waals surface area contributed by atoms with Gasteiger partial charge >= 0.3 is 0 Å². The fourth-order valence-electron chi connectivity index (χ4n) is 2.74. The first-order valence-corrected chi connectivity index (χ1v) is 8.86. The Morgan fingerprint density at radius 1 is 1.35 bits per heavy atom. The summed E-state index contributed by atoms with van der Waals surface area (Å²) in [6, 6.07) is 3.27. The summed E-state index contributed by atoms with van der Waals surface area (Å²) in [7, 11) is -3.52. The van der Waals surface area contributed by atoms with Crippen LogP contribution in [0.4, 0.5) is 0 Å². The van der Waals surface area contributed by atoms with Crippen molar-refractivity contribution >= 4 is 21.6 Å². The average molecular weight is 317 g/mol. The quantitative estimate of drug-likeness (QED) is 0.806. The van der Waals surface area contributed by atoms with Crippen molar-refractivity contribution in [3.05, 3.63) is 23.9 Å². The lowest BCUT2D eigenvalue weighted by Crippen LogP contribution is -2.48. The monoisotopic (exact) mass is 316 g/mol. The predicted molar refractivity (Wildman–Crippen MR) is 80.1 cm³/mol. The van der Waals surface area contributed by atoms with Crippen molar-refractivity contribution in [2.24, 2.45) is 11.8 Å². The third-order valence-electron chi connectivity index (χ3n) is 4.07. The van der Waals surface area contributed by atoms with Gasteiger partial charge in [0, 0.05) is 24.7 Å². The Balaban J connectivity index is 2.32. The molecule has 0 spiro atoms. The van der Waals surface area contributed by atoms with Gasteiger partial charge in [-0.25, -0.2) is 13.4 Å². The second-order valence-corrected chi connectivity index (χ2v) is 7.88. The first kappa shape index (κ1) is 15.7. The fourth-order valence-corrected chi connectivity index (χ4v) is 4.66. The van der Waals surface area contributed by atoms with Crippen molar-refractivity contribution in [1.29, 1.82) is 0 Å². The summed E-state index contributed by atoms with van der Waals surface area (Å²) in [5.74, 6) is 1.07. The number of sulfonamides is 1. The lowest BCUT2D eigenvalue weighted by atomic mass is 9.88. The van der Waals surface area contributed by atoms with E-state index >= 15 is 0 Å². The van der Waals surface area contributed by atoms with E-state index in [0.29, 0.717) is 24.3 Å². The minimum absolute atomic E-state index is 0.00528. The minimum atomic E-state index is -3.52. The summed E-state index contributed by atoms with van der Waals surface area (Å²) in [4.78, 5) is 4.07. The molecule has 4 nitrogen and oxygen atoms in total. The molecule has 1 fully saturated rings. The molecule has 0 bridgehead atoms. The predicted octanol–water partition coefficient (Wildman–Crippen LogP) is 2.88. The molecule has 6 heteroatoms. The van der Waals surface area contributed by atoms with Crippen LogP contribution in [-0.2, 0) is 15.9 Å². The molecule has 112 valence electrons. The molecule has 1 aliphatic heterocycles. The Labute approximate surface area is 126 Å². The molecule has 1 aromatic rings. The molecule has 0 saturated carbocycles. The van der Waals surface area contributed by atoms with Gasteiger partial charge in [-0.1, -0.05) is 19.9 Å². The minimum Gasteiger partial charge on any atom is -0.243 e. The number of pyridine rings is 1. The van der Waals surface area contributed by atoms with Crippen LogP contribution in [0.3, 0.4) is 0 Å². The summed E-state index contributed by atoms with van der Waals surface area (Å²) >= 11 is 5.70. The van der Waals surface area contributed by atoms with Gasteiger partial charge in [-0.2, -0.15) is 4.31 Å². The van der Waals surface area contributed by atoms with Crippen molar-refractivity contribution in [1.82, 2.24) is 9.29 Å². The zero-order chi connectivity index (χ0) is 14.9. The third-order valence-corrected chi connectivity index (χ3v) is 6.25. The van der Waals surface area contributed by atoms with E-state index in [2.05, 4.69) is 18.8 Å². The normalized spacial score (nSPS) is 28.5. The van der Waals surface area contributed by atoms with Crippen molar-refractivity contribution < 1.29 is 8.42 Å². The Hall–Kier alpha value is -0.650. The zero-order valence-corrected chi connectivity index (χ0v) is 13.7. The van der Waals surface area contributed by atoms with E-state index in [9.17, 15) is 8.42 Å². The van der Waals surface area contributed by atoms with E-state index in [1.165, 1.54) is 6.20 Å². The van der Waals surface area contributed by atoms with Gasteiger partial charge in [0.05, 0.1) is 0 Å². The molecule has 0 radical (unpaired) electrons. The van der Waals surface area contributed by atoms with E-state index in [4.69, 9.17) is 11.6 Å². The second kappa shape index (κ2) is 6.00. The summed E-state index contributed by atoms with van der Waals surface area (Å²) in [6.07, 6.45) is 2.59. The summed E-state index contributed by atoms with van der Waals surface area (Å²) in [5, 5.41) is 0.111. The van der Waals surface area contributed by atoms with E-state index in [-0.39, 0.29) is 11.1 Å². The van der Waals surface area contributed by atoms with Gasteiger partial charge in [-0.15, -0.1) is 11.6 Å². The highest BCUT2D eigenvalue weighted by Crippen LogP contribution is 2.31. The highest BCUT2D eigenvalue weighted by atomic mass is 35.5. The highest BCUT2D eigenvalue weighted by molar-refractivity contribution is 7.89. The molecular formula is C14H21ClN2O2S. The number of piperidine rings is 1. The number of hydrogen-bond acceptors (Lipinski definition) is 3. The van der Waals surface area contributed by atoms with Crippen molar-refractivity contribution in [2.75, 3.05) is 6.54 Å². The Morgan fingerprint density at radius 2 is 2.05 bits per heavy atom. The maximum atomic E-state index is 12.7. The van der Waals surface area contributed by atoms with Crippen LogP contribution in [0.1, 0.15) is 32.8 Å². The molecule has 3 unspecified atom stereocenters. The Bertz CT molecular complexity index is 559. The summed E-state index contributed by atoms with van der Waals surface area (Å²) in [5.41, 5.74) is 0.819. The van der Waals surface area contributed by atoms with E-state index in [1.54, 1.807) is 16.4 Å². The standard InChI is InChI=1S/C14H21ClN2O2S/c1-10-6-11(2)12(3)17(9-10)20(18,19)14-5-4-13(7-15)8-16-14/h4-5,8,10-12H,6-7,9H2,1-3H3. The van der Waals surface area contributed by atoms with E-state index in [1.807, 2.05) is 6.92 Å². The van der Waals surface area contributed by atoms with Gasteiger partial charge in [-0.05, 0) is 36.8 Å². The lowest BCUT2D eigenvalue weighted by Gasteiger charge is -2.39. The van der Waals surface area contributed by atoms with Crippen LogP contribution in [0.15, 0.2) is 23.4 Å². The largest absolute Gasteiger partial charge is 0.260 e. The van der Waals surface area contributed by atoms with Crippen LogP contribution >= 0.6 is 11.6 Å². The molecule has 1 saturated heterocycles. The molecule has 3 atom stereocenters. The molecule has 2 rings (SSSR count). The Kier molecular flexibility index (Phi) is 4.72. The number of hydrogen-bond donors (Lipinski definition) is 0. The van der Waals surface area contributed by atoms with Gasteiger partial charge in [0.1, 0.15) is 0 Å². The topological polar surface area (TPSA) is 50.3 Å². The lowest BCUT2D eigenvalue weighted by molar-refractivity contribution is 0.157. The molecule has 0 aliphatic carbocycles. The molecule has 20 heavy (non-hydrogen) atoms. The van der Waals surface area contributed by atoms with Gasteiger partial charge in [0.25, 0.3) is 10.0 Å². The number of rotatable bonds is 3. The SMILES string of the molecule is CC1CC(C)C(C)N(S(=O)(=O)c2ccc(CCl)cn2)C1. The zero-order valence-electron chi connectivity index (χ0n) is 12.1. The van der Waals surface area contributed by atoms with E-state index in [0.717, 1.165) is 12.0 Å². The molecule has 1 aliphatic rings. The third kappa shape index (κ3) is 3.00. The number of aromatic nitrogens is 1. The first-order chi connectivity index (χ1) is 9.36. The number of alkyl halides is 1. The summed E-state index contributed by atoms with van der Waals surface area (Å²) < 4.78 is 27.0. The highest BCUT2D eigenvalue weighted by Gasteiger charge is 2.37. The maximum absolute atomic E-state index is 12.7. The number of halogens is 1. The van der Waals surface area contributed by atoms with Crippen molar-refractivity contribution in [2.45, 2.75) is 44.1 Å². The van der Waals surface area contributed by atoms with Gasteiger partial charge in [0.15, 0.2) is 5.03 Å². The second-order valence-electron chi connectivity index (χ2n) is 5.77. The van der Waals surface area contributed by atoms with Crippen molar-refractivity contribution in [3.63, 3.8) is 0 Å². The van der Waals surface area contributed by atoms with E-state index < -0.39 is 10.0 Å². The molecule has 0 amide bonds. The van der Waals surface area contributed by atoms with Crippen LogP contribution in [-0.4, -0.2) is 30.3 Å². The van der Waals surface area contributed by atoms with Crippen LogP contribution in [0.2, 0.25) is 0 Å². The average Bonchev–Trinajstić information content (AvgIpc) is 2.42.